The summed E-state index contributed by atoms with van der Waals surface area (Å²) in [5, 5.41) is 22.0. The second-order valence-corrected chi connectivity index (χ2v) is 6.59. The summed E-state index contributed by atoms with van der Waals surface area (Å²) < 4.78 is 0. The summed E-state index contributed by atoms with van der Waals surface area (Å²) in [5.74, 6) is -1.72. The van der Waals surface area contributed by atoms with Gasteiger partial charge in [0, 0.05) is 35.9 Å². The first-order valence-electron chi connectivity index (χ1n) is 8.96. The first kappa shape index (κ1) is 22.0. The van der Waals surface area contributed by atoms with E-state index in [9.17, 15) is 14.7 Å². The Balaban J connectivity index is 1.90. The van der Waals surface area contributed by atoms with Crippen molar-refractivity contribution in [2.45, 2.75) is 19.0 Å². The van der Waals surface area contributed by atoms with Crippen molar-refractivity contribution in [1.29, 1.82) is 0 Å². The molecule has 29 heavy (non-hydrogen) atoms. The number of nitrogens with one attached hydrogen (secondary N) is 3. The maximum Gasteiger partial charge on any atom is 0.230 e. The van der Waals surface area contributed by atoms with Crippen molar-refractivity contribution in [2.75, 3.05) is 17.2 Å². The predicted octanol–water partition coefficient (Wildman–Crippen LogP) is -0.235. The number of carbonyl (C=O) groups is 2. The molecule has 0 aliphatic rings. The Kier molecular flexibility index (Phi) is 8.74. The van der Waals surface area contributed by atoms with Gasteiger partial charge in [-0.3, -0.25) is 9.78 Å². The van der Waals surface area contributed by atoms with E-state index in [-0.39, 0.29) is 6.42 Å². The molecule has 0 bridgehead atoms. The van der Waals surface area contributed by atoms with E-state index in [1.165, 1.54) is 0 Å². The third-order valence-corrected chi connectivity index (χ3v) is 4.13. The number of amides is 1. The van der Waals surface area contributed by atoms with Gasteiger partial charge in [-0.1, -0.05) is 18.2 Å². The molecular weight excluding hydrogens is 390 g/mol. The summed E-state index contributed by atoms with van der Waals surface area (Å²) in [7, 11) is 0. The number of hydrogen-bond acceptors (Lipinski definition) is 5. The van der Waals surface area contributed by atoms with Crippen molar-refractivity contribution in [2.24, 2.45) is 0 Å². The zero-order chi connectivity index (χ0) is 21.1. The summed E-state index contributed by atoms with van der Waals surface area (Å²) in [4.78, 5) is 27.7. The Hall–Kier alpha value is -3.30. The number of quaternary nitrogens is 1. The van der Waals surface area contributed by atoms with Crippen LogP contribution in [0.15, 0.2) is 61.4 Å². The van der Waals surface area contributed by atoms with E-state index in [0.717, 1.165) is 5.56 Å². The van der Waals surface area contributed by atoms with Crippen LogP contribution in [0.1, 0.15) is 12.0 Å². The van der Waals surface area contributed by atoms with Crippen LogP contribution in [-0.4, -0.2) is 34.6 Å². The molecule has 0 spiro atoms. The van der Waals surface area contributed by atoms with E-state index in [2.05, 4.69) is 27.5 Å². The average Bonchev–Trinajstić information content (AvgIpc) is 2.70. The lowest BCUT2D eigenvalue weighted by molar-refractivity contribution is -0.697. The summed E-state index contributed by atoms with van der Waals surface area (Å²) in [6.45, 7) is 4.52. The lowest BCUT2D eigenvalue weighted by Gasteiger charge is -2.16. The van der Waals surface area contributed by atoms with Gasteiger partial charge < -0.3 is 31.2 Å². The second kappa shape index (κ2) is 11.5. The number of nitrogens with zero attached hydrogens (tertiary/aromatic N) is 1. The fraction of sp³-hybridized carbons (Fsp3) is 0.200. The molecule has 1 aromatic carbocycles. The highest BCUT2D eigenvalue weighted by molar-refractivity contribution is 7.80. The lowest BCUT2D eigenvalue weighted by atomic mass is 10.1. The van der Waals surface area contributed by atoms with Gasteiger partial charge in [-0.15, -0.1) is 6.58 Å². The zero-order valence-corrected chi connectivity index (χ0v) is 16.6. The smallest absolute Gasteiger partial charge is 0.230 e. The number of carbonyl (C=O) groups excluding carboxylic acids is 2. The van der Waals surface area contributed by atoms with E-state index < -0.39 is 17.9 Å². The average molecular weight is 414 g/mol. The molecule has 0 saturated heterocycles. The molecule has 1 amide bonds. The van der Waals surface area contributed by atoms with Gasteiger partial charge in [0.05, 0.1) is 12.4 Å². The van der Waals surface area contributed by atoms with E-state index in [1.807, 2.05) is 6.07 Å². The topological polar surface area (TPSA) is 123 Å². The molecule has 2 rings (SSSR count). The Morgan fingerprint density at radius 2 is 2.00 bits per heavy atom. The van der Waals surface area contributed by atoms with Crippen molar-refractivity contribution >= 4 is 40.6 Å². The van der Waals surface area contributed by atoms with E-state index in [0.29, 0.717) is 29.6 Å². The van der Waals surface area contributed by atoms with Gasteiger partial charge in [-0.2, -0.15) is 0 Å². The molecule has 9 heteroatoms. The van der Waals surface area contributed by atoms with Crippen molar-refractivity contribution in [3.8, 4) is 0 Å². The minimum absolute atomic E-state index is 0.223. The highest BCUT2D eigenvalue weighted by Crippen LogP contribution is 2.15. The number of pyridine rings is 1. The number of anilines is 2. The normalized spacial score (nSPS) is 11.2. The molecule has 0 saturated carbocycles. The third kappa shape index (κ3) is 8.08. The number of nitrogens with two attached hydrogens (primary N) is 1. The van der Waals surface area contributed by atoms with Gasteiger partial charge in [0.2, 0.25) is 5.91 Å². The van der Waals surface area contributed by atoms with Crippen molar-refractivity contribution in [3.05, 3.63) is 67.0 Å². The van der Waals surface area contributed by atoms with Crippen LogP contribution < -0.4 is 26.4 Å². The SMILES string of the molecule is C=CCNC(=S)Nc1cccc(NC(=O)C[C@H]([NH2+]Cc2cccnc2)C(=O)[O-])c1. The van der Waals surface area contributed by atoms with Crippen LogP contribution >= 0.6 is 12.2 Å². The van der Waals surface area contributed by atoms with Gasteiger partial charge in [-0.05, 0) is 36.5 Å². The molecule has 0 fully saturated rings. The maximum absolute atomic E-state index is 12.3. The Morgan fingerprint density at radius 1 is 1.24 bits per heavy atom. The monoisotopic (exact) mass is 413 g/mol. The molecule has 1 atom stereocenters. The second-order valence-electron chi connectivity index (χ2n) is 6.18. The largest absolute Gasteiger partial charge is 0.544 e. The predicted molar refractivity (Wildman–Crippen MR) is 113 cm³/mol. The molecule has 0 aliphatic carbocycles. The van der Waals surface area contributed by atoms with E-state index in [4.69, 9.17) is 12.2 Å². The molecule has 8 nitrogen and oxygen atoms in total. The molecule has 1 heterocycles. The van der Waals surface area contributed by atoms with Crippen molar-refractivity contribution in [1.82, 2.24) is 10.3 Å². The van der Waals surface area contributed by atoms with Gasteiger partial charge in [0.15, 0.2) is 5.11 Å². The van der Waals surface area contributed by atoms with E-state index in [1.54, 1.807) is 54.1 Å². The first-order valence-corrected chi connectivity index (χ1v) is 9.37. The van der Waals surface area contributed by atoms with Crippen LogP contribution in [0, 0.1) is 0 Å². The fourth-order valence-electron chi connectivity index (χ4n) is 2.49. The fourth-order valence-corrected chi connectivity index (χ4v) is 2.69. The third-order valence-electron chi connectivity index (χ3n) is 3.88. The highest BCUT2D eigenvalue weighted by atomic mass is 32.1. The Morgan fingerprint density at radius 3 is 2.66 bits per heavy atom. The maximum atomic E-state index is 12.3. The minimum atomic E-state index is -1.29. The van der Waals surface area contributed by atoms with Crippen LogP contribution in [0.4, 0.5) is 11.4 Å². The minimum Gasteiger partial charge on any atom is -0.544 e. The van der Waals surface area contributed by atoms with Crippen LogP contribution in [0.25, 0.3) is 0 Å². The summed E-state index contributed by atoms with van der Waals surface area (Å²) >= 11 is 5.15. The molecule has 0 radical (unpaired) electrons. The summed E-state index contributed by atoms with van der Waals surface area (Å²) in [6, 6.07) is 9.55. The number of carboxylic acids is 1. The summed E-state index contributed by atoms with van der Waals surface area (Å²) in [6.07, 6.45) is 4.75. The number of benzene rings is 1. The van der Waals surface area contributed by atoms with E-state index >= 15 is 0 Å². The lowest BCUT2D eigenvalue weighted by Crippen LogP contribution is -2.92. The number of carboxylic acid groups (broad SMARTS) is 1. The van der Waals surface area contributed by atoms with Crippen LogP contribution in [-0.2, 0) is 16.1 Å². The zero-order valence-electron chi connectivity index (χ0n) is 15.8. The molecule has 152 valence electrons. The number of aromatic nitrogens is 1. The quantitative estimate of drug-likeness (QED) is 0.313. The van der Waals surface area contributed by atoms with Crippen LogP contribution in [0.2, 0.25) is 0 Å². The number of hydrogen-bond donors (Lipinski definition) is 4. The molecule has 5 N–H and O–H groups in total. The van der Waals surface area contributed by atoms with Gasteiger partial charge in [-0.25, -0.2) is 0 Å². The molecule has 1 aromatic heterocycles. The Bertz CT molecular complexity index is 860. The number of thiocarbonyl (C=S) groups is 1. The standard InChI is InChI=1S/C20H23N5O3S/c1-2-8-22-20(29)25-16-7-3-6-15(10-16)24-18(26)11-17(19(27)28)23-13-14-5-4-9-21-12-14/h2-7,9-10,12,17,23H,1,8,11,13H2,(H,24,26)(H,27,28)(H2,22,25,29)/t17-/m0/s1. The molecular formula is C20H23N5O3S. The number of rotatable bonds is 10. The Labute approximate surface area is 174 Å². The molecule has 0 unspecified atom stereocenters. The van der Waals surface area contributed by atoms with Gasteiger partial charge in [0.1, 0.15) is 12.6 Å². The van der Waals surface area contributed by atoms with Gasteiger partial charge in [0.25, 0.3) is 0 Å². The van der Waals surface area contributed by atoms with Gasteiger partial charge >= 0.3 is 0 Å². The number of aliphatic carboxylic acids is 1. The van der Waals surface area contributed by atoms with Crippen LogP contribution in [0.3, 0.4) is 0 Å². The first-order chi connectivity index (χ1) is 14.0. The highest BCUT2D eigenvalue weighted by Gasteiger charge is 2.18. The summed E-state index contributed by atoms with van der Waals surface area (Å²) in [5.41, 5.74) is 2.07. The molecule has 2 aromatic rings. The van der Waals surface area contributed by atoms with Crippen LogP contribution in [0.5, 0.6) is 0 Å². The molecule has 0 aliphatic heterocycles. The van der Waals surface area contributed by atoms with Crippen molar-refractivity contribution < 1.29 is 20.0 Å². The van der Waals surface area contributed by atoms with Crippen molar-refractivity contribution in [3.63, 3.8) is 0 Å².